The van der Waals surface area contributed by atoms with Crippen molar-refractivity contribution in [3.05, 3.63) is 58.1 Å². The summed E-state index contributed by atoms with van der Waals surface area (Å²) in [6, 6.07) is 11.9. The topological polar surface area (TPSA) is 78.9 Å². The first-order chi connectivity index (χ1) is 12.4. The number of thiocarbonyl (C=S) groups is 1. The van der Waals surface area contributed by atoms with Gasteiger partial charge in [-0.25, -0.2) is 0 Å². The molecule has 1 aliphatic rings. The number of nitrogens with one attached hydrogen (secondary N) is 1. The Kier molecular flexibility index (Phi) is 5.06. The van der Waals surface area contributed by atoms with Gasteiger partial charge < -0.3 is 9.84 Å². The summed E-state index contributed by atoms with van der Waals surface area (Å²) in [4.78, 5) is 26.4. The third kappa shape index (κ3) is 3.33. The molecule has 0 saturated carbocycles. The number of carbonyl (C=O) groups is 2. The third-order valence-electron chi connectivity index (χ3n) is 3.71. The van der Waals surface area contributed by atoms with Gasteiger partial charge in [0.1, 0.15) is 5.57 Å². The van der Waals surface area contributed by atoms with Gasteiger partial charge in [0.15, 0.2) is 16.6 Å². The first-order valence-electron chi connectivity index (χ1n) is 7.45. The number of ether oxygens (including phenoxy) is 1. The molecule has 0 radical (unpaired) electrons. The van der Waals surface area contributed by atoms with Gasteiger partial charge >= 0.3 is 0 Å². The van der Waals surface area contributed by atoms with Crippen LogP contribution in [-0.2, 0) is 9.59 Å². The van der Waals surface area contributed by atoms with Gasteiger partial charge in [-0.15, -0.1) is 0 Å². The number of amides is 2. The van der Waals surface area contributed by atoms with E-state index >= 15 is 0 Å². The molecule has 0 aromatic heterocycles. The second kappa shape index (κ2) is 7.27. The number of benzene rings is 2. The minimum atomic E-state index is -0.634. The molecule has 0 atom stereocenters. The van der Waals surface area contributed by atoms with Crippen molar-refractivity contribution >= 4 is 56.8 Å². The van der Waals surface area contributed by atoms with Crippen LogP contribution in [0.25, 0.3) is 6.08 Å². The predicted molar refractivity (Wildman–Crippen MR) is 105 cm³/mol. The molecule has 0 aliphatic carbocycles. The number of halogens is 1. The fourth-order valence-corrected chi connectivity index (χ4v) is 3.22. The molecule has 1 saturated heterocycles. The lowest BCUT2D eigenvalue weighted by molar-refractivity contribution is -0.122. The normalized spacial score (nSPS) is 16.0. The maximum Gasteiger partial charge on any atom is 0.270 e. The van der Waals surface area contributed by atoms with Crippen molar-refractivity contribution in [2.75, 3.05) is 12.0 Å². The van der Waals surface area contributed by atoms with Crippen LogP contribution in [0.4, 0.5) is 5.69 Å². The van der Waals surface area contributed by atoms with Crippen molar-refractivity contribution < 1.29 is 19.4 Å². The quantitative estimate of drug-likeness (QED) is 0.442. The molecular formula is C18H13BrN2O4S. The first-order valence-corrected chi connectivity index (χ1v) is 8.65. The number of carbonyl (C=O) groups excluding carboxylic acids is 2. The number of aromatic hydroxyl groups is 1. The summed E-state index contributed by atoms with van der Waals surface area (Å²) in [5.41, 5.74) is 0.637. The van der Waals surface area contributed by atoms with Crippen LogP contribution in [0.2, 0.25) is 0 Å². The first kappa shape index (κ1) is 18.1. The lowest BCUT2D eigenvalue weighted by atomic mass is 10.1. The molecule has 2 N–H and O–H groups in total. The summed E-state index contributed by atoms with van der Waals surface area (Å²) in [5, 5.41) is 12.8. The van der Waals surface area contributed by atoms with Crippen LogP contribution in [0, 0.1) is 0 Å². The molecule has 2 amide bonds. The largest absolute Gasteiger partial charge is 0.504 e. The predicted octanol–water partition coefficient (Wildman–Crippen LogP) is 2.99. The molecule has 3 rings (SSSR count). The molecule has 0 spiro atoms. The van der Waals surface area contributed by atoms with E-state index in [1.54, 1.807) is 36.4 Å². The van der Waals surface area contributed by atoms with E-state index in [0.29, 0.717) is 10.2 Å². The Bertz CT molecular complexity index is 944. The Balaban J connectivity index is 2.08. The molecule has 0 bridgehead atoms. The zero-order chi connectivity index (χ0) is 18.8. The summed E-state index contributed by atoms with van der Waals surface area (Å²) in [6.07, 6.45) is 1.30. The van der Waals surface area contributed by atoms with E-state index in [-0.39, 0.29) is 27.7 Å². The van der Waals surface area contributed by atoms with Crippen molar-refractivity contribution in [3.63, 3.8) is 0 Å². The zero-order valence-electron chi connectivity index (χ0n) is 13.5. The highest BCUT2D eigenvalue weighted by Crippen LogP contribution is 2.35. The number of phenols is 1. The van der Waals surface area contributed by atoms with E-state index in [1.165, 1.54) is 18.1 Å². The number of hydrogen-bond donors (Lipinski definition) is 2. The van der Waals surface area contributed by atoms with Gasteiger partial charge in [-0.2, -0.15) is 0 Å². The SMILES string of the molecule is COc1cc(Br)cc(/C=C2\C(=O)NC(=S)N(c3ccccc3)C2=O)c1O. The number of nitrogens with zero attached hydrogens (tertiary/aromatic N) is 1. The highest BCUT2D eigenvalue weighted by atomic mass is 79.9. The van der Waals surface area contributed by atoms with Gasteiger partial charge in [-0.05, 0) is 42.6 Å². The average Bonchev–Trinajstić information content (AvgIpc) is 2.61. The van der Waals surface area contributed by atoms with Gasteiger partial charge in [0.05, 0.1) is 12.8 Å². The maximum atomic E-state index is 12.9. The molecule has 0 unspecified atom stereocenters. The number of methoxy groups -OCH3 is 1. The monoisotopic (exact) mass is 432 g/mol. The molecule has 1 heterocycles. The van der Waals surface area contributed by atoms with Crippen molar-refractivity contribution in [1.82, 2.24) is 5.32 Å². The number of phenolic OH excluding ortho intramolecular Hbond substituents is 1. The van der Waals surface area contributed by atoms with Gasteiger partial charge in [-0.3, -0.25) is 19.8 Å². The maximum absolute atomic E-state index is 12.9. The summed E-state index contributed by atoms with van der Waals surface area (Å²) in [6.45, 7) is 0. The van der Waals surface area contributed by atoms with Crippen LogP contribution in [0.15, 0.2) is 52.5 Å². The summed E-state index contributed by atoms with van der Waals surface area (Å²) in [5.74, 6) is -1.18. The number of anilines is 1. The minimum absolute atomic E-state index is 0.000560. The molecular weight excluding hydrogens is 420 g/mol. The number of para-hydroxylation sites is 1. The van der Waals surface area contributed by atoms with Gasteiger partial charge in [0, 0.05) is 10.0 Å². The lowest BCUT2D eigenvalue weighted by Crippen LogP contribution is -2.54. The van der Waals surface area contributed by atoms with E-state index in [2.05, 4.69) is 21.2 Å². The van der Waals surface area contributed by atoms with Crippen molar-refractivity contribution in [2.24, 2.45) is 0 Å². The molecule has 2 aromatic carbocycles. The fraction of sp³-hybridized carbons (Fsp3) is 0.0556. The smallest absolute Gasteiger partial charge is 0.270 e. The Morgan fingerprint density at radius 1 is 1.23 bits per heavy atom. The van der Waals surface area contributed by atoms with Gasteiger partial charge in [0.25, 0.3) is 11.8 Å². The van der Waals surface area contributed by atoms with Crippen LogP contribution in [-0.4, -0.2) is 29.1 Å². The summed E-state index contributed by atoms with van der Waals surface area (Å²) in [7, 11) is 1.41. The summed E-state index contributed by atoms with van der Waals surface area (Å²) >= 11 is 8.44. The van der Waals surface area contributed by atoms with Crippen molar-refractivity contribution in [2.45, 2.75) is 0 Å². The molecule has 26 heavy (non-hydrogen) atoms. The Morgan fingerprint density at radius 3 is 2.58 bits per heavy atom. The summed E-state index contributed by atoms with van der Waals surface area (Å²) < 4.78 is 5.71. The van der Waals surface area contributed by atoms with E-state index in [1.807, 2.05) is 6.07 Å². The second-order valence-corrected chi connectivity index (χ2v) is 6.64. The van der Waals surface area contributed by atoms with E-state index in [9.17, 15) is 14.7 Å². The van der Waals surface area contributed by atoms with E-state index in [0.717, 1.165) is 0 Å². The van der Waals surface area contributed by atoms with Crippen LogP contribution in [0.5, 0.6) is 11.5 Å². The Labute approximate surface area is 163 Å². The van der Waals surface area contributed by atoms with E-state index in [4.69, 9.17) is 17.0 Å². The van der Waals surface area contributed by atoms with Crippen molar-refractivity contribution in [1.29, 1.82) is 0 Å². The third-order valence-corrected chi connectivity index (χ3v) is 4.45. The number of rotatable bonds is 3. The molecule has 2 aromatic rings. The average molecular weight is 433 g/mol. The highest BCUT2D eigenvalue weighted by molar-refractivity contribution is 9.10. The fourth-order valence-electron chi connectivity index (χ4n) is 2.48. The Hall–Kier alpha value is -2.71. The number of hydrogen-bond acceptors (Lipinski definition) is 5. The minimum Gasteiger partial charge on any atom is -0.504 e. The molecule has 1 aliphatic heterocycles. The zero-order valence-corrected chi connectivity index (χ0v) is 15.9. The molecule has 6 nitrogen and oxygen atoms in total. The molecule has 132 valence electrons. The molecule has 1 fully saturated rings. The van der Waals surface area contributed by atoms with Crippen LogP contribution < -0.4 is 15.0 Å². The second-order valence-electron chi connectivity index (χ2n) is 5.34. The van der Waals surface area contributed by atoms with Crippen molar-refractivity contribution in [3.8, 4) is 11.5 Å². The highest BCUT2D eigenvalue weighted by Gasteiger charge is 2.34. The van der Waals surface area contributed by atoms with Crippen LogP contribution in [0.3, 0.4) is 0 Å². The Morgan fingerprint density at radius 2 is 1.92 bits per heavy atom. The van der Waals surface area contributed by atoms with Gasteiger partial charge in [-0.1, -0.05) is 34.1 Å². The lowest BCUT2D eigenvalue weighted by Gasteiger charge is -2.28. The standard InChI is InChI=1S/C18H13BrN2O4S/c1-25-14-9-11(19)7-10(15(14)22)8-13-16(23)20-18(26)21(17(13)24)12-5-3-2-4-6-12/h2-9,22H,1H3,(H,20,23,26)/b13-8+. The molecule has 8 heteroatoms. The van der Waals surface area contributed by atoms with Crippen LogP contribution in [0.1, 0.15) is 5.56 Å². The van der Waals surface area contributed by atoms with Crippen LogP contribution >= 0.6 is 28.1 Å². The van der Waals surface area contributed by atoms with E-state index < -0.39 is 11.8 Å². The van der Waals surface area contributed by atoms with Gasteiger partial charge in [0.2, 0.25) is 0 Å².